The van der Waals surface area contributed by atoms with E-state index < -0.39 is 0 Å². The average Bonchev–Trinajstić information content (AvgIpc) is 3.26. The molecule has 0 aliphatic carbocycles. The molecule has 0 bridgehead atoms. The molecule has 9 nitrogen and oxygen atoms in total. The Balaban J connectivity index is 1.74. The van der Waals surface area contributed by atoms with Crippen molar-refractivity contribution in [3.63, 3.8) is 0 Å². The average molecular weight is 400 g/mol. The van der Waals surface area contributed by atoms with Crippen LogP contribution >= 0.6 is 0 Å². The Labute approximate surface area is 173 Å². The number of nitrogens with one attached hydrogen (secondary N) is 2. The first-order valence-electron chi connectivity index (χ1n) is 9.26. The molecule has 2 N–H and O–H groups in total. The predicted molar refractivity (Wildman–Crippen MR) is 115 cm³/mol. The standard InChI is InChI=1S/C21H20N8O/c1-5-6-18(30)25-15-9-16-14(3)12-29(20(16)22-11-15)19-13(2)10-23-21(27-19)26-17-7-8-24-28(17)4/h7-12H,1-4H3,(H,25,30)(H,23,26,27). The zero-order valence-corrected chi connectivity index (χ0v) is 17.1. The normalized spacial score (nSPS) is 10.5. The highest BCUT2D eigenvalue weighted by atomic mass is 16.1. The second-order valence-corrected chi connectivity index (χ2v) is 6.77. The Bertz CT molecular complexity index is 1320. The molecule has 1 amide bonds. The lowest BCUT2D eigenvalue weighted by Gasteiger charge is -2.11. The van der Waals surface area contributed by atoms with E-state index in [1.807, 2.05) is 43.8 Å². The summed E-state index contributed by atoms with van der Waals surface area (Å²) in [4.78, 5) is 25.4. The monoisotopic (exact) mass is 400 g/mol. The number of pyridine rings is 1. The van der Waals surface area contributed by atoms with Gasteiger partial charge in [0.05, 0.1) is 18.1 Å². The first-order chi connectivity index (χ1) is 14.5. The lowest BCUT2D eigenvalue weighted by atomic mass is 10.2. The maximum absolute atomic E-state index is 11.7. The Morgan fingerprint density at radius 2 is 2.00 bits per heavy atom. The number of anilines is 3. The highest BCUT2D eigenvalue weighted by Crippen LogP contribution is 2.26. The van der Waals surface area contributed by atoms with E-state index in [0.29, 0.717) is 17.5 Å². The summed E-state index contributed by atoms with van der Waals surface area (Å²) in [6, 6.07) is 3.73. The summed E-state index contributed by atoms with van der Waals surface area (Å²) in [6.07, 6.45) is 7.05. The van der Waals surface area contributed by atoms with E-state index in [1.54, 1.807) is 30.2 Å². The summed E-state index contributed by atoms with van der Waals surface area (Å²) in [6.45, 7) is 5.55. The number of rotatable bonds is 4. The van der Waals surface area contributed by atoms with Crippen molar-refractivity contribution in [2.75, 3.05) is 10.6 Å². The van der Waals surface area contributed by atoms with Crippen LogP contribution < -0.4 is 10.6 Å². The first-order valence-corrected chi connectivity index (χ1v) is 9.26. The summed E-state index contributed by atoms with van der Waals surface area (Å²) < 4.78 is 3.63. The third kappa shape index (κ3) is 3.58. The van der Waals surface area contributed by atoms with Gasteiger partial charge in [0, 0.05) is 36.5 Å². The van der Waals surface area contributed by atoms with Gasteiger partial charge < -0.3 is 10.6 Å². The Morgan fingerprint density at radius 3 is 2.73 bits per heavy atom. The number of aryl methyl sites for hydroxylation is 3. The van der Waals surface area contributed by atoms with Crippen LogP contribution in [0, 0.1) is 25.7 Å². The summed E-state index contributed by atoms with van der Waals surface area (Å²) in [5, 5.41) is 11.0. The minimum atomic E-state index is -0.367. The highest BCUT2D eigenvalue weighted by molar-refractivity contribution is 6.04. The van der Waals surface area contributed by atoms with E-state index in [0.717, 1.165) is 28.0 Å². The minimum Gasteiger partial charge on any atom is -0.314 e. The van der Waals surface area contributed by atoms with Gasteiger partial charge in [0.1, 0.15) is 17.3 Å². The van der Waals surface area contributed by atoms with Crippen molar-refractivity contribution < 1.29 is 4.79 Å². The van der Waals surface area contributed by atoms with Crippen LogP contribution in [0.1, 0.15) is 18.1 Å². The Kier molecular flexibility index (Phi) is 4.90. The van der Waals surface area contributed by atoms with E-state index in [1.165, 1.54) is 0 Å². The van der Waals surface area contributed by atoms with Gasteiger partial charge in [0.2, 0.25) is 5.95 Å². The van der Waals surface area contributed by atoms with E-state index in [4.69, 9.17) is 0 Å². The zero-order chi connectivity index (χ0) is 21.3. The largest absolute Gasteiger partial charge is 0.314 e. The van der Waals surface area contributed by atoms with Gasteiger partial charge in [-0.25, -0.2) is 9.97 Å². The maximum Gasteiger partial charge on any atom is 0.300 e. The number of carbonyl (C=O) groups is 1. The molecule has 4 heterocycles. The van der Waals surface area contributed by atoms with Crippen LogP contribution in [0.4, 0.5) is 17.5 Å². The van der Waals surface area contributed by atoms with Crippen molar-refractivity contribution in [2.45, 2.75) is 20.8 Å². The molecule has 30 heavy (non-hydrogen) atoms. The van der Waals surface area contributed by atoms with Gasteiger partial charge in [0.15, 0.2) is 0 Å². The van der Waals surface area contributed by atoms with Crippen LogP contribution in [0.2, 0.25) is 0 Å². The van der Waals surface area contributed by atoms with Crippen molar-refractivity contribution in [1.29, 1.82) is 0 Å². The number of nitrogens with zero attached hydrogens (tertiary/aromatic N) is 6. The van der Waals surface area contributed by atoms with Gasteiger partial charge >= 0.3 is 0 Å². The molecule has 0 saturated carbocycles. The number of hydrogen-bond acceptors (Lipinski definition) is 6. The molecule has 4 aromatic heterocycles. The topological polar surface area (TPSA) is 103 Å². The third-order valence-electron chi connectivity index (χ3n) is 4.57. The molecule has 0 aromatic carbocycles. The number of fused-ring (bicyclic) bond motifs is 1. The van der Waals surface area contributed by atoms with Crippen LogP contribution in [0.3, 0.4) is 0 Å². The van der Waals surface area contributed by atoms with Gasteiger partial charge in [-0.05, 0) is 38.3 Å². The number of amides is 1. The summed E-state index contributed by atoms with van der Waals surface area (Å²) >= 11 is 0. The van der Waals surface area contributed by atoms with E-state index in [2.05, 4.69) is 42.5 Å². The van der Waals surface area contributed by atoms with E-state index in [9.17, 15) is 4.79 Å². The van der Waals surface area contributed by atoms with Crippen LogP contribution in [0.5, 0.6) is 0 Å². The van der Waals surface area contributed by atoms with Gasteiger partial charge in [0.25, 0.3) is 5.91 Å². The quantitative estimate of drug-likeness (QED) is 0.511. The van der Waals surface area contributed by atoms with Crippen molar-refractivity contribution in [3.8, 4) is 17.7 Å². The van der Waals surface area contributed by atoms with Crippen molar-refractivity contribution in [3.05, 3.63) is 48.0 Å². The van der Waals surface area contributed by atoms with Crippen molar-refractivity contribution in [1.82, 2.24) is 29.3 Å². The molecule has 4 aromatic rings. The van der Waals surface area contributed by atoms with E-state index >= 15 is 0 Å². The van der Waals surface area contributed by atoms with Crippen LogP contribution in [0.25, 0.3) is 16.9 Å². The fourth-order valence-electron chi connectivity index (χ4n) is 3.12. The molecule has 0 saturated heterocycles. The fraction of sp³-hybridized carbons (Fsp3) is 0.190. The third-order valence-corrected chi connectivity index (χ3v) is 4.57. The first kappa shape index (κ1) is 19.1. The molecule has 0 aliphatic heterocycles. The second-order valence-electron chi connectivity index (χ2n) is 6.77. The number of hydrogen-bond donors (Lipinski definition) is 2. The van der Waals surface area contributed by atoms with Gasteiger partial charge in [-0.15, -0.1) is 0 Å². The maximum atomic E-state index is 11.7. The predicted octanol–water partition coefficient (Wildman–Crippen LogP) is 2.87. The zero-order valence-electron chi connectivity index (χ0n) is 17.1. The van der Waals surface area contributed by atoms with Crippen LogP contribution in [-0.4, -0.2) is 35.2 Å². The summed E-state index contributed by atoms with van der Waals surface area (Å²) in [5.41, 5.74) is 3.24. The van der Waals surface area contributed by atoms with Gasteiger partial charge in [-0.1, -0.05) is 5.92 Å². The molecule has 0 fully saturated rings. The molecule has 0 radical (unpaired) electrons. The molecular formula is C21H20N8O. The minimum absolute atomic E-state index is 0.367. The number of carbonyl (C=O) groups excluding carboxylic acids is 1. The van der Waals surface area contributed by atoms with Gasteiger partial charge in [-0.3, -0.25) is 14.0 Å². The fourth-order valence-corrected chi connectivity index (χ4v) is 3.12. The molecule has 0 unspecified atom stereocenters. The molecule has 4 rings (SSSR count). The van der Waals surface area contributed by atoms with E-state index in [-0.39, 0.29) is 5.91 Å². The second kappa shape index (κ2) is 7.67. The SMILES string of the molecule is CC#CC(=O)Nc1cnc2c(c1)c(C)cn2-c1nc(Nc2ccnn2C)ncc1C. The van der Waals surface area contributed by atoms with Crippen molar-refractivity contribution in [2.24, 2.45) is 7.05 Å². The van der Waals surface area contributed by atoms with Crippen LogP contribution in [-0.2, 0) is 11.8 Å². The summed E-state index contributed by atoms with van der Waals surface area (Å²) in [5.74, 6) is 6.63. The number of aromatic nitrogens is 6. The highest BCUT2D eigenvalue weighted by Gasteiger charge is 2.14. The molecule has 0 aliphatic rings. The Morgan fingerprint density at radius 1 is 1.17 bits per heavy atom. The summed E-state index contributed by atoms with van der Waals surface area (Å²) in [7, 11) is 1.84. The Hall–Kier alpha value is -4.19. The van der Waals surface area contributed by atoms with Gasteiger partial charge in [-0.2, -0.15) is 10.1 Å². The molecule has 0 atom stereocenters. The molecule has 150 valence electrons. The molecular weight excluding hydrogens is 380 g/mol. The van der Waals surface area contributed by atoms with Crippen LogP contribution in [0.15, 0.2) is 36.9 Å². The molecule has 9 heteroatoms. The lowest BCUT2D eigenvalue weighted by Crippen LogP contribution is -2.09. The molecule has 0 spiro atoms. The van der Waals surface area contributed by atoms with Crippen molar-refractivity contribution >= 4 is 34.4 Å². The lowest BCUT2D eigenvalue weighted by molar-refractivity contribution is -0.111. The smallest absolute Gasteiger partial charge is 0.300 e.